The first-order valence-corrected chi connectivity index (χ1v) is 5.59. The molecule has 0 spiro atoms. The fourth-order valence-corrected chi connectivity index (χ4v) is 1.51. The molecule has 96 valence electrons. The van der Waals surface area contributed by atoms with Crippen molar-refractivity contribution in [2.24, 2.45) is 0 Å². The predicted molar refractivity (Wildman–Crippen MR) is 63.0 cm³/mol. The normalized spacial score (nSPS) is 14.1. The smallest absolute Gasteiger partial charge is 0.344 e. The van der Waals surface area contributed by atoms with E-state index in [2.05, 4.69) is 21.8 Å². The Morgan fingerprint density at radius 3 is 2.67 bits per heavy atom. The Morgan fingerprint density at radius 1 is 1.50 bits per heavy atom. The molecule has 0 radical (unpaired) electrons. The molecule has 1 heterocycles. The molecular formula is C12H14N2O4. The van der Waals surface area contributed by atoms with Crippen LogP contribution in [0.5, 0.6) is 0 Å². The Morgan fingerprint density at radius 2 is 2.17 bits per heavy atom. The summed E-state index contributed by atoms with van der Waals surface area (Å²) in [5, 5.41) is 6.43. The van der Waals surface area contributed by atoms with E-state index >= 15 is 0 Å². The second kappa shape index (κ2) is 4.64. The van der Waals surface area contributed by atoms with Gasteiger partial charge in [-0.15, -0.1) is 0 Å². The Labute approximate surface area is 104 Å². The standard InChI is InChI=1S/C12H14N2O4/c1-6(2)9-8(12(16)17-3)10(18-14-9)11(15)13-7-4-5-7/h7H,1,4-5H2,2-3H3,(H,13,15). The number of rotatable bonds is 4. The first kappa shape index (κ1) is 12.3. The van der Waals surface area contributed by atoms with Crippen molar-refractivity contribution in [2.75, 3.05) is 7.11 Å². The van der Waals surface area contributed by atoms with Crippen LogP contribution in [0.15, 0.2) is 11.1 Å². The van der Waals surface area contributed by atoms with Crippen molar-refractivity contribution in [3.05, 3.63) is 23.6 Å². The molecule has 0 saturated heterocycles. The minimum atomic E-state index is -0.657. The van der Waals surface area contributed by atoms with Gasteiger partial charge in [-0.3, -0.25) is 4.79 Å². The van der Waals surface area contributed by atoms with E-state index in [1.807, 2.05) is 0 Å². The maximum Gasteiger partial charge on any atom is 0.344 e. The van der Waals surface area contributed by atoms with Crippen LogP contribution in [0.1, 0.15) is 46.4 Å². The van der Waals surface area contributed by atoms with E-state index in [-0.39, 0.29) is 23.1 Å². The molecule has 0 aliphatic heterocycles. The van der Waals surface area contributed by atoms with Crippen molar-refractivity contribution < 1.29 is 18.8 Å². The van der Waals surface area contributed by atoms with E-state index in [0.29, 0.717) is 5.57 Å². The maximum atomic E-state index is 11.9. The number of methoxy groups -OCH3 is 1. The molecule has 1 aliphatic carbocycles. The molecule has 1 fully saturated rings. The van der Waals surface area contributed by atoms with Crippen LogP contribution in [-0.2, 0) is 4.74 Å². The van der Waals surface area contributed by atoms with Crippen molar-refractivity contribution >= 4 is 17.4 Å². The number of allylic oxidation sites excluding steroid dienone is 1. The van der Waals surface area contributed by atoms with Crippen molar-refractivity contribution in [1.29, 1.82) is 0 Å². The van der Waals surface area contributed by atoms with Gasteiger partial charge in [0.1, 0.15) is 11.3 Å². The molecule has 0 aromatic carbocycles. The third-order valence-corrected chi connectivity index (χ3v) is 2.60. The van der Waals surface area contributed by atoms with Crippen LogP contribution in [0.4, 0.5) is 0 Å². The van der Waals surface area contributed by atoms with Crippen LogP contribution in [-0.4, -0.2) is 30.2 Å². The molecule has 1 aromatic rings. The van der Waals surface area contributed by atoms with Crippen LogP contribution in [0.2, 0.25) is 0 Å². The zero-order chi connectivity index (χ0) is 13.3. The van der Waals surface area contributed by atoms with Gasteiger partial charge >= 0.3 is 5.97 Å². The molecule has 6 nitrogen and oxygen atoms in total. The molecular weight excluding hydrogens is 236 g/mol. The van der Waals surface area contributed by atoms with Gasteiger partial charge in [0, 0.05) is 6.04 Å². The van der Waals surface area contributed by atoms with E-state index in [4.69, 9.17) is 4.52 Å². The monoisotopic (exact) mass is 250 g/mol. The summed E-state index contributed by atoms with van der Waals surface area (Å²) in [7, 11) is 1.24. The number of hydrogen-bond donors (Lipinski definition) is 1. The fraction of sp³-hybridized carbons (Fsp3) is 0.417. The molecule has 1 aromatic heterocycles. The second-order valence-electron chi connectivity index (χ2n) is 4.25. The highest BCUT2D eigenvalue weighted by Crippen LogP contribution is 2.24. The number of carbonyl (C=O) groups excluding carboxylic acids is 2. The number of ether oxygens (including phenoxy) is 1. The Balaban J connectivity index is 2.36. The molecule has 1 aliphatic rings. The Hall–Kier alpha value is -2.11. The SMILES string of the molecule is C=C(C)c1noc(C(=O)NC2CC2)c1C(=O)OC. The summed E-state index contributed by atoms with van der Waals surface area (Å²) in [5.74, 6) is -1.22. The fourth-order valence-electron chi connectivity index (χ4n) is 1.51. The minimum Gasteiger partial charge on any atom is -0.465 e. The number of hydrogen-bond acceptors (Lipinski definition) is 5. The zero-order valence-corrected chi connectivity index (χ0v) is 10.3. The topological polar surface area (TPSA) is 81.4 Å². The summed E-state index contributed by atoms with van der Waals surface area (Å²) in [4.78, 5) is 23.6. The van der Waals surface area contributed by atoms with E-state index in [9.17, 15) is 9.59 Å². The molecule has 1 N–H and O–H groups in total. The van der Waals surface area contributed by atoms with Crippen LogP contribution in [0.25, 0.3) is 5.57 Å². The third kappa shape index (κ3) is 2.27. The molecule has 1 saturated carbocycles. The number of esters is 1. The van der Waals surface area contributed by atoms with E-state index < -0.39 is 11.9 Å². The highest BCUT2D eigenvalue weighted by molar-refractivity contribution is 6.05. The molecule has 0 bridgehead atoms. The summed E-state index contributed by atoms with van der Waals surface area (Å²) in [6.07, 6.45) is 1.89. The Kier molecular flexibility index (Phi) is 3.18. The predicted octanol–water partition coefficient (Wildman–Crippen LogP) is 1.39. The van der Waals surface area contributed by atoms with Gasteiger partial charge in [0.2, 0.25) is 5.76 Å². The lowest BCUT2D eigenvalue weighted by Gasteiger charge is -2.02. The van der Waals surface area contributed by atoms with Crippen molar-refractivity contribution in [3.8, 4) is 0 Å². The van der Waals surface area contributed by atoms with Gasteiger partial charge in [-0.05, 0) is 25.3 Å². The van der Waals surface area contributed by atoms with Gasteiger partial charge in [-0.25, -0.2) is 4.79 Å². The van der Waals surface area contributed by atoms with E-state index in [1.165, 1.54) is 7.11 Å². The largest absolute Gasteiger partial charge is 0.465 e. The van der Waals surface area contributed by atoms with E-state index in [0.717, 1.165) is 12.8 Å². The third-order valence-electron chi connectivity index (χ3n) is 2.60. The number of aromatic nitrogens is 1. The highest BCUT2D eigenvalue weighted by Gasteiger charge is 2.32. The first-order chi connectivity index (χ1) is 8.54. The summed E-state index contributed by atoms with van der Waals surface area (Å²) in [6, 6.07) is 0.168. The van der Waals surface area contributed by atoms with Crippen molar-refractivity contribution in [2.45, 2.75) is 25.8 Å². The van der Waals surface area contributed by atoms with Crippen LogP contribution >= 0.6 is 0 Å². The average molecular weight is 250 g/mol. The van der Waals surface area contributed by atoms with Gasteiger partial charge in [0.15, 0.2) is 0 Å². The number of nitrogens with one attached hydrogen (secondary N) is 1. The number of amides is 1. The molecule has 2 rings (SSSR count). The molecule has 18 heavy (non-hydrogen) atoms. The van der Waals surface area contributed by atoms with Crippen molar-refractivity contribution in [1.82, 2.24) is 10.5 Å². The lowest BCUT2D eigenvalue weighted by atomic mass is 10.1. The Bertz CT molecular complexity index is 514. The second-order valence-corrected chi connectivity index (χ2v) is 4.25. The van der Waals surface area contributed by atoms with Gasteiger partial charge in [0.25, 0.3) is 5.91 Å². The maximum absolute atomic E-state index is 11.9. The average Bonchev–Trinajstić information content (AvgIpc) is 3.02. The summed E-state index contributed by atoms with van der Waals surface area (Å²) >= 11 is 0. The minimum absolute atomic E-state index is 0.0307. The lowest BCUT2D eigenvalue weighted by Crippen LogP contribution is -2.26. The summed E-state index contributed by atoms with van der Waals surface area (Å²) in [5.41, 5.74) is 0.815. The van der Waals surface area contributed by atoms with Crippen LogP contribution in [0, 0.1) is 0 Å². The van der Waals surface area contributed by atoms with Gasteiger partial charge in [0.05, 0.1) is 7.11 Å². The molecule has 6 heteroatoms. The highest BCUT2D eigenvalue weighted by atomic mass is 16.5. The number of nitrogens with zero attached hydrogens (tertiary/aromatic N) is 1. The van der Waals surface area contributed by atoms with Crippen LogP contribution in [0.3, 0.4) is 0 Å². The van der Waals surface area contributed by atoms with Gasteiger partial charge in [-0.2, -0.15) is 0 Å². The van der Waals surface area contributed by atoms with Crippen molar-refractivity contribution in [3.63, 3.8) is 0 Å². The summed E-state index contributed by atoms with van der Waals surface area (Å²) in [6.45, 7) is 5.36. The lowest BCUT2D eigenvalue weighted by molar-refractivity contribution is 0.0593. The molecule has 1 amide bonds. The zero-order valence-electron chi connectivity index (χ0n) is 10.3. The van der Waals surface area contributed by atoms with Gasteiger partial charge < -0.3 is 14.6 Å². The molecule has 0 atom stereocenters. The molecule has 0 unspecified atom stereocenters. The quantitative estimate of drug-likeness (QED) is 0.816. The van der Waals surface area contributed by atoms with Crippen LogP contribution < -0.4 is 5.32 Å². The summed E-state index contributed by atoms with van der Waals surface area (Å²) < 4.78 is 9.58. The number of carbonyl (C=O) groups is 2. The van der Waals surface area contributed by atoms with E-state index in [1.54, 1.807) is 6.92 Å². The van der Waals surface area contributed by atoms with Gasteiger partial charge in [-0.1, -0.05) is 11.7 Å². The first-order valence-electron chi connectivity index (χ1n) is 5.59.